The standard InChI is InChI=1S/C50H99NO9/c1-3-5-7-9-11-13-15-17-18-19-20-21-22-23-24-25-26-27-29-31-33-35-37-39-43(54)51-44(47(57)50-49(59)48(58)46(56)42(40-52)60-50)45(55)41(53)38-36-34-32-30-28-16-14-12-10-8-6-4-2/h41-42,44-50,52-53,55-59H,3-40H2,1-2H3,(H,51,54)/t41?,42-,44?,45?,46+,47?,48+,49-,50-/m1/s1. The molecule has 1 amide bonds. The van der Waals surface area contributed by atoms with E-state index in [4.69, 9.17) is 4.74 Å². The van der Waals surface area contributed by atoms with Gasteiger partial charge in [0, 0.05) is 6.42 Å². The molecule has 0 aromatic rings. The number of ether oxygens (including phenoxy) is 1. The fraction of sp³-hybridized carbons (Fsp3) is 0.980. The SMILES string of the molecule is CCCCCCCCCCCCCCCCCCCCCCCCCC(=O)NC(C(O)C(O)CCCCCCCCCCCCCC)C(O)[C@H]1O[C@H](CO)[C@H](O)[C@H](O)[C@H]1O. The van der Waals surface area contributed by atoms with Crippen LogP contribution in [-0.4, -0.2) is 103 Å². The number of aliphatic hydroxyl groups is 7. The van der Waals surface area contributed by atoms with E-state index in [0.717, 1.165) is 38.5 Å². The van der Waals surface area contributed by atoms with Crippen molar-refractivity contribution in [2.24, 2.45) is 0 Å². The summed E-state index contributed by atoms with van der Waals surface area (Å²) in [4.78, 5) is 13.1. The smallest absolute Gasteiger partial charge is 0.220 e. The van der Waals surface area contributed by atoms with Crippen LogP contribution in [0.2, 0.25) is 0 Å². The van der Waals surface area contributed by atoms with E-state index in [0.29, 0.717) is 12.8 Å². The minimum Gasteiger partial charge on any atom is -0.394 e. The highest BCUT2D eigenvalue weighted by Gasteiger charge is 2.49. The molecule has 10 heteroatoms. The third-order valence-electron chi connectivity index (χ3n) is 13.1. The molecule has 60 heavy (non-hydrogen) atoms. The number of rotatable bonds is 43. The summed E-state index contributed by atoms with van der Waals surface area (Å²) in [5.74, 6) is -0.399. The molecule has 1 rings (SSSR count). The second-order valence-corrected chi connectivity index (χ2v) is 18.6. The number of unbranched alkanes of at least 4 members (excludes halogenated alkanes) is 33. The van der Waals surface area contributed by atoms with Crippen LogP contribution in [0, 0.1) is 0 Å². The molecule has 8 N–H and O–H groups in total. The van der Waals surface area contributed by atoms with E-state index in [9.17, 15) is 40.5 Å². The van der Waals surface area contributed by atoms with Crippen LogP contribution in [0.25, 0.3) is 0 Å². The van der Waals surface area contributed by atoms with Gasteiger partial charge in [-0.05, 0) is 12.8 Å². The van der Waals surface area contributed by atoms with Crippen molar-refractivity contribution < 1.29 is 45.3 Å². The highest BCUT2D eigenvalue weighted by molar-refractivity contribution is 5.76. The molecule has 0 aromatic carbocycles. The van der Waals surface area contributed by atoms with E-state index in [1.165, 1.54) is 173 Å². The molecule has 358 valence electrons. The summed E-state index contributed by atoms with van der Waals surface area (Å²) in [5, 5.41) is 77.3. The van der Waals surface area contributed by atoms with Crippen molar-refractivity contribution in [3.8, 4) is 0 Å². The number of aliphatic hydroxyl groups excluding tert-OH is 7. The van der Waals surface area contributed by atoms with Crippen LogP contribution in [-0.2, 0) is 9.53 Å². The molecule has 0 radical (unpaired) electrons. The first kappa shape index (κ1) is 57.2. The molecule has 0 aliphatic carbocycles. The Morgan fingerprint density at radius 2 is 0.817 bits per heavy atom. The lowest BCUT2D eigenvalue weighted by molar-refractivity contribution is -0.254. The van der Waals surface area contributed by atoms with Gasteiger partial charge >= 0.3 is 0 Å². The van der Waals surface area contributed by atoms with Crippen molar-refractivity contribution in [2.75, 3.05) is 6.61 Å². The molecule has 0 saturated carbocycles. The Kier molecular flexibility index (Phi) is 37.8. The zero-order valence-electron chi connectivity index (χ0n) is 39.0. The van der Waals surface area contributed by atoms with Crippen molar-refractivity contribution in [1.29, 1.82) is 0 Å². The largest absolute Gasteiger partial charge is 0.394 e. The van der Waals surface area contributed by atoms with Gasteiger partial charge in [0.05, 0.1) is 18.8 Å². The first-order chi connectivity index (χ1) is 29.2. The summed E-state index contributed by atoms with van der Waals surface area (Å²) in [6, 6.07) is -1.41. The van der Waals surface area contributed by atoms with Crippen LogP contribution in [0.4, 0.5) is 0 Å². The van der Waals surface area contributed by atoms with Gasteiger partial charge in [-0.2, -0.15) is 0 Å². The predicted octanol–water partition coefficient (Wildman–Crippen LogP) is 9.87. The number of hydrogen-bond donors (Lipinski definition) is 8. The van der Waals surface area contributed by atoms with Gasteiger partial charge in [-0.1, -0.05) is 232 Å². The topological polar surface area (TPSA) is 180 Å². The van der Waals surface area contributed by atoms with E-state index in [2.05, 4.69) is 19.2 Å². The Labute approximate surface area is 368 Å². The molecule has 1 fully saturated rings. The fourth-order valence-electron chi connectivity index (χ4n) is 8.92. The maximum Gasteiger partial charge on any atom is 0.220 e. The van der Waals surface area contributed by atoms with Crippen molar-refractivity contribution in [1.82, 2.24) is 5.32 Å². The van der Waals surface area contributed by atoms with Crippen LogP contribution in [0.1, 0.15) is 251 Å². The number of nitrogens with one attached hydrogen (secondary N) is 1. The molecule has 0 aromatic heterocycles. The first-order valence-corrected chi connectivity index (χ1v) is 25.8. The fourth-order valence-corrected chi connectivity index (χ4v) is 8.92. The predicted molar refractivity (Wildman–Crippen MR) is 246 cm³/mol. The number of carbonyl (C=O) groups excluding carboxylic acids is 1. The monoisotopic (exact) mass is 858 g/mol. The average molecular weight is 858 g/mol. The van der Waals surface area contributed by atoms with E-state index in [1.54, 1.807) is 0 Å². The van der Waals surface area contributed by atoms with E-state index < -0.39 is 67.4 Å². The normalized spacial score (nSPS) is 21.5. The summed E-state index contributed by atoms with van der Waals surface area (Å²) in [6.07, 6.45) is 31.7. The van der Waals surface area contributed by atoms with E-state index >= 15 is 0 Å². The minimum absolute atomic E-state index is 0.179. The lowest BCUT2D eigenvalue weighted by atomic mass is 9.86. The lowest BCUT2D eigenvalue weighted by Gasteiger charge is -2.44. The minimum atomic E-state index is -1.75. The molecule has 1 heterocycles. The Bertz CT molecular complexity index is 941. The van der Waals surface area contributed by atoms with E-state index in [-0.39, 0.29) is 12.8 Å². The summed E-state index contributed by atoms with van der Waals surface area (Å²) in [5.41, 5.74) is 0. The maximum atomic E-state index is 13.1. The van der Waals surface area contributed by atoms with Crippen molar-refractivity contribution in [3.63, 3.8) is 0 Å². The Balaban J connectivity index is 2.32. The zero-order chi connectivity index (χ0) is 44.1. The van der Waals surface area contributed by atoms with Crippen molar-refractivity contribution >= 4 is 5.91 Å². The molecule has 0 bridgehead atoms. The van der Waals surface area contributed by atoms with Crippen molar-refractivity contribution in [2.45, 2.75) is 306 Å². The summed E-state index contributed by atoms with van der Waals surface area (Å²) in [7, 11) is 0. The first-order valence-electron chi connectivity index (χ1n) is 25.8. The second kappa shape index (κ2) is 39.7. The molecule has 4 unspecified atom stereocenters. The van der Waals surface area contributed by atoms with E-state index in [1.807, 2.05) is 0 Å². The second-order valence-electron chi connectivity index (χ2n) is 18.6. The molecule has 1 aliphatic rings. The van der Waals surface area contributed by atoms with Gasteiger partial charge in [0.2, 0.25) is 5.91 Å². The third kappa shape index (κ3) is 28.0. The maximum absolute atomic E-state index is 13.1. The molecule has 9 atom stereocenters. The van der Waals surface area contributed by atoms with Gasteiger partial charge in [0.25, 0.3) is 0 Å². The molecular weight excluding hydrogens is 759 g/mol. The number of hydrogen-bond acceptors (Lipinski definition) is 9. The van der Waals surface area contributed by atoms with Crippen LogP contribution >= 0.6 is 0 Å². The van der Waals surface area contributed by atoms with Gasteiger partial charge in [-0.25, -0.2) is 0 Å². The lowest BCUT2D eigenvalue weighted by Crippen LogP contribution is -2.66. The number of carbonyl (C=O) groups is 1. The summed E-state index contributed by atoms with van der Waals surface area (Å²) in [6.45, 7) is 3.84. The summed E-state index contributed by atoms with van der Waals surface area (Å²) < 4.78 is 5.57. The van der Waals surface area contributed by atoms with Gasteiger partial charge in [-0.3, -0.25) is 4.79 Å². The highest BCUT2D eigenvalue weighted by atomic mass is 16.6. The number of amides is 1. The van der Waals surface area contributed by atoms with Crippen molar-refractivity contribution in [3.05, 3.63) is 0 Å². The highest BCUT2D eigenvalue weighted by Crippen LogP contribution is 2.27. The van der Waals surface area contributed by atoms with Gasteiger partial charge in [0.1, 0.15) is 42.7 Å². The van der Waals surface area contributed by atoms with Crippen LogP contribution in [0.3, 0.4) is 0 Å². The van der Waals surface area contributed by atoms with Gasteiger partial charge in [0.15, 0.2) is 0 Å². The molecule has 1 saturated heterocycles. The zero-order valence-corrected chi connectivity index (χ0v) is 39.0. The van der Waals surface area contributed by atoms with Crippen LogP contribution in [0.5, 0.6) is 0 Å². The molecular formula is C50H99NO9. The summed E-state index contributed by atoms with van der Waals surface area (Å²) >= 11 is 0. The quantitative estimate of drug-likeness (QED) is 0.0277. The average Bonchev–Trinajstić information content (AvgIpc) is 3.24. The Morgan fingerprint density at radius 1 is 0.483 bits per heavy atom. The Hall–Kier alpha value is -0.850. The van der Waals surface area contributed by atoms with Crippen LogP contribution < -0.4 is 5.32 Å². The molecule has 1 aliphatic heterocycles. The third-order valence-corrected chi connectivity index (χ3v) is 13.1. The van der Waals surface area contributed by atoms with Gasteiger partial charge < -0.3 is 45.8 Å². The molecule has 10 nitrogen and oxygen atoms in total. The molecule has 0 spiro atoms. The van der Waals surface area contributed by atoms with Gasteiger partial charge in [-0.15, -0.1) is 0 Å². The van der Waals surface area contributed by atoms with Crippen LogP contribution in [0.15, 0.2) is 0 Å². The Morgan fingerprint density at radius 3 is 1.17 bits per heavy atom.